The summed E-state index contributed by atoms with van der Waals surface area (Å²) in [7, 11) is 1.55. The summed E-state index contributed by atoms with van der Waals surface area (Å²) < 4.78 is 23.0. The fourth-order valence-corrected chi connectivity index (χ4v) is 3.54. The SMILES string of the molecule is Cc1cc(C)c(S(=O)(=O)Cl)cc1C(=O)NC(C)C1CC1. The van der Waals surface area contributed by atoms with Crippen LogP contribution in [0.25, 0.3) is 0 Å². The molecule has 0 heterocycles. The first-order valence-corrected chi connectivity index (χ1v) is 8.88. The number of amides is 1. The fourth-order valence-electron chi connectivity index (χ4n) is 2.34. The van der Waals surface area contributed by atoms with Crippen LogP contribution in [0, 0.1) is 19.8 Å². The van der Waals surface area contributed by atoms with Gasteiger partial charge in [0.2, 0.25) is 0 Å². The van der Waals surface area contributed by atoms with Gasteiger partial charge >= 0.3 is 0 Å². The average Bonchev–Trinajstić information content (AvgIpc) is 3.10. The molecule has 1 aliphatic rings. The van der Waals surface area contributed by atoms with Crippen LogP contribution in [0.1, 0.15) is 41.3 Å². The molecule has 0 aromatic heterocycles. The van der Waals surface area contributed by atoms with Crippen LogP contribution >= 0.6 is 10.7 Å². The zero-order valence-electron chi connectivity index (χ0n) is 11.7. The van der Waals surface area contributed by atoms with Crippen molar-refractivity contribution in [3.8, 4) is 0 Å². The van der Waals surface area contributed by atoms with E-state index in [1.807, 2.05) is 6.92 Å². The molecule has 1 unspecified atom stereocenters. The molecule has 20 heavy (non-hydrogen) atoms. The Bertz CT molecular complexity index is 651. The molecular weight excluding hydrogens is 298 g/mol. The van der Waals surface area contributed by atoms with Crippen LogP contribution in [-0.4, -0.2) is 20.4 Å². The zero-order valence-corrected chi connectivity index (χ0v) is 13.3. The Balaban J connectivity index is 2.33. The Morgan fingerprint density at radius 1 is 1.30 bits per heavy atom. The van der Waals surface area contributed by atoms with Gasteiger partial charge in [0.25, 0.3) is 15.0 Å². The minimum Gasteiger partial charge on any atom is -0.349 e. The van der Waals surface area contributed by atoms with E-state index >= 15 is 0 Å². The maximum absolute atomic E-state index is 12.2. The van der Waals surface area contributed by atoms with Crippen LogP contribution in [0.5, 0.6) is 0 Å². The van der Waals surface area contributed by atoms with E-state index in [0.29, 0.717) is 17.0 Å². The van der Waals surface area contributed by atoms with Crippen molar-refractivity contribution >= 4 is 25.6 Å². The van der Waals surface area contributed by atoms with Crippen molar-refractivity contribution in [1.82, 2.24) is 5.32 Å². The zero-order chi connectivity index (χ0) is 15.1. The average molecular weight is 316 g/mol. The number of rotatable bonds is 4. The normalized spacial score (nSPS) is 16.8. The molecule has 0 aliphatic heterocycles. The highest BCUT2D eigenvalue weighted by Gasteiger charge is 2.29. The Labute approximate surface area is 123 Å². The molecule has 6 heteroatoms. The number of halogens is 1. The lowest BCUT2D eigenvalue weighted by Crippen LogP contribution is -2.34. The Kier molecular flexibility index (Phi) is 4.12. The predicted octanol–water partition coefficient (Wildman–Crippen LogP) is 2.76. The summed E-state index contributed by atoms with van der Waals surface area (Å²) >= 11 is 0. The maximum Gasteiger partial charge on any atom is 0.261 e. The van der Waals surface area contributed by atoms with E-state index in [1.54, 1.807) is 19.9 Å². The summed E-state index contributed by atoms with van der Waals surface area (Å²) in [5.74, 6) is 0.296. The number of hydrogen-bond acceptors (Lipinski definition) is 3. The molecule has 1 saturated carbocycles. The van der Waals surface area contributed by atoms with Gasteiger partial charge in [0.05, 0.1) is 4.90 Å². The van der Waals surface area contributed by atoms with E-state index in [2.05, 4.69) is 5.32 Å². The minimum absolute atomic E-state index is 0.00556. The molecule has 0 saturated heterocycles. The van der Waals surface area contributed by atoms with Crippen molar-refractivity contribution < 1.29 is 13.2 Å². The second-order valence-electron chi connectivity index (χ2n) is 5.47. The van der Waals surface area contributed by atoms with E-state index in [-0.39, 0.29) is 16.8 Å². The number of hydrogen-bond donors (Lipinski definition) is 1. The van der Waals surface area contributed by atoms with Gasteiger partial charge in [-0.1, -0.05) is 6.07 Å². The highest BCUT2D eigenvalue weighted by atomic mass is 35.7. The van der Waals surface area contributed by atoms with Gasteiger partial charge in [-0.25, -0.2) is 8.42 Å². The second kappa shape index (κ2) is 5.37. The summed E-state index contributed by atoms with van der Waals surface area (Å²) in [6.07, 6.45) is 2.27. The number of carbonyl (C=O) groups is 1. The second-order valence-corrected chi connectivity index (χ2v) is 8.00. The van der Waals surface area contributed by atoms with E-state index in [9.17, 15) is 13.2 Å². The van der Waals surface area contributed by atoms with Gasteiger partial charge in [-0.2, -0.15) is 0 Å². The molecule has 1 aliphatic carbocycles. The molecule has 2 rings (SSSR count). The van der Waals surface area contributed by atoms with E-state index < -0.39 is 9.05 Å². The van der Waals surface area contributed by atoms with Crippen molar-refractivity contribution in [3.05, 3.63) is 28.8 Å². The molecule has 1 atom stereocenters. The summed E-state index contributed by atoms with van der Waals surface area (Å²) in [6.45, 7) is 5.42. The maximum atomic E-state index is 12.2. The minimum atomic E-state index is -3.85. The molecule has 1 fully saturated rings. The van der Waals surface area contributed by atoms with E-state index in [4.69, 9.17) is 10.7 Å². The van der Waals surface area contributed by atoms with Crippen molar-refractivity contribution in [2.24, 2.45) is 5.92 Å². The summed E-state index contributed by atoms with van der Waals surface area (Å²) in [4.78, 5) is 12.2. The Morgan fingerprint density at radius 2 is 1.90 bits per heavy atom. The number of benzene rings is 1. The lowest BCUT2D eigenvalue weighted by atomic mass is 10.0. The molecule has 110 valence electrons. The largest absolute Gasteiger partial charge is 0.349 e. The Morgan fingerprint density at radius 3 is 2.40 bits per heavy atom. The van der Waals surface area contributed by atoms with Gasteiger partial charge in [0.15, 0.2) is 0 Å². The van der Waals surface area contributed by atoms with Crippen LogP contribution in [0.3, 0.4) is 0 Å². The topological polar surface area (TPSA) is 63.2 Å². The van der Waals surface area contributed by atoms with Crippen molar-refractivity contribution in [2.45, 2.75) is 44.6 Å². The van der Waals surface area contributed by atoms with Gasteiger partial charge in [-0.15, -0.1) is 0 Å². The van der Waals surface area contributed by atoms with Gasteiger partial charge < -0.3 is 5.32 Å². The Hall–Kier alpha value is -1.07. The highest BCUT2D eigenvalue weighted by Crippen LogP contribution is 2.32. The van der Waals surface area contributed by atoms with Crippen LogP contribution in [0.4, 0.5) is 0 Å². The third-order valence-corrected chi connectivity index (χ3v) is 5.18. The standard InChI is InChI=1S/C14H18ClNO3S/c1-8-6-9(2)13(20(15,18)19)7-12(8)14(17)16-10(3)11-4-5-11/h6-7,10-11H,4-5H2,1-3H3,(H,16,17). The lowest BCUT2D eigenvalue weighted by molar-refractivity contribution is 0.0935. The molecule has 1 amide bonds. The summed E-state index contributed by atoms with van der Waals surface area (Å²) in [6, 6.07) is 3.15. The molecule has 1 N–H and O–H groups in total. The van der Waals surface area contributed by atoms with Crippen LogP contribution in [0.2, 0.25) is 0 Å². The van der Waals surface area contributed by atoms with Crippen molar-refractivity contribution in [1.29, 1.82) is 0 Å². The smallest absolute Gasteiger partial charge is 0.261 e. The summed E-state index contributed by atoms with van der Waals surface area (Å²) in [5, 5.41) is 2.92. The van der Waals surface area contributed by atoms with Gasteiger partial charge in [0.1, 0.15) is 0 Å². The molecule has 4 nitrogen and oxygen atoms in total. The number of carbonyl (C=O) groups excluding carboxylic acids is 1. The van der Waals surface area contributed by atoms with Crippen LogP contribution in [-0.2, 0) is 9.05 Å². The van der Waals surface area contributed by atoms with Crippen LogP contribution in [0.15, 0.2) is 17.0 Å². The summed E-state index contributed by atoms with van der Waals surface area (Å²) in [5.41, 5.74) is 1.65. The number of aryl methyl sites for hydroxylation is 2. The monoisotopic (exact) mass is 315 g/mol. The molecule has 0 bridgehead atoms. The first kappa shape index (κ1) is 15.3. The quantitative estimate of drug-likeness (QED) is 0.869. The van der Waals surface area contributed by atoms with Gasteiger partial charge in [0, 0.05) is 22.3 Å². The van der Waals surface area contributed by atoms with Gasteiger partial charge in [-0.05, 0) is 56.7 Å². The predicted molar refractivity (Wildman–Crippen MR) is 78.6 cm³/mol. The molecule has 0 radical (unpaired) electrons. The van der Waals surface area contributed by atoms with E-state index in [1.165, 1.54) is 6.07 Å². The van der Waals surface area contributed by atoms with Crippen molar-refractivity contribution in [2.75, 3.05) is 0 Å². The first-order valence-electron chi connectivity index (χ1n) is 6.57. The molecule has 1 aromatic carbocycles. The molecular formula is C14H18ClNO3S. The fraction of sp³-hybridized carbons (Fsp3) is 0.500. The highest BCUT2D eigenvalue weighted by molar-refractivity contribution is 8.13. The molecule has 1 aromatic rings. The third kappa shape index (κ3) is 3.33. The molecule has 0 spiro atoms. The first-order chi connectivity index (χ1) is 9.20. The van der Waals surface area contributed by atoms with Crippen molar-refractivity contribution in [3.63, 3.8) is 0 Å². The van der Waals surface area contributed by atoms with E-state index in [0.717, 1.165) is 18.4 Å². The van der Waals surface area contributed by atoms with Gasteiger partial charge in [-0.3, -0.25) is 4.79 Å². The number of nitrogens with one attached hydrogen (secondary N) is 1. The van der Waals surface area contributed by atoms with Crippen LogP contribution < -0.4 is 5.32 Å². The third-order valence-electron chi connectivity index (χ3n) is 3.72. The lowest BCUT2D eigenvalue weighted by Gasteiger charge is -2.15.